The first-order valence-corrected chi connectivity index (χ1v) is 15.1. The Bertz CT molecular complexity index is 1440. The van der Waals surface area contributed by atoms with Crippen LogP contribution in [0.4, 0.5) is 5.82 Å². The van der Waals surface area contributed by atoms with Gasteiger partial charge >= 0.3 is 5.97 Å². The Morgan fingerprint density at radius 3 is 2.43 bits per heavy atom. The average molecular weight is 595 g/mol. The van der Waals surface area contributed by atoms with Gasteiger partial charge in [-0.25, -0.2) is 9.48 Å². The Hall–Kier alpha value is -3.94. The normalized spacial score (nSPS) is 22.9. The number of benzene rings is 2. The topological polar surface area (TPSA) is 144 Å². The zero-order chi connectivity index (χ0) is 29.4. The number of phenolic OH excluding ortho intramolecular Hbond substituents is 3. The Morgan fingerprint density at radius 1 is 1.00 bits per heavy atom. The summed E-state index contributed by atoms with van der Waals surface area (Å²) < 4.78 is 7.56. The molecule has 2 aromatic carbocycles. The summed E-state index contributed by atoms with van der Waals surface area (Å²) in [5.74, 6) is -1.20. The van der Waals surface area contributed by atoms with Gasteiger partial charge < -0.3 is 30.3 Å². The number of aromatic nitrogens is 2. The van der Waals surface area contributed by atoms with E-state index in [-0.39, 0.29) is 23.6 Å². The van der Waals surface area contributed by atoms with Gasteiger partial charge in [-0.05, 0) is 37.6 Å². The molecule has 0 radical (unpaired) electrons. The first-order chi connectivity index (χ1) is 20.3. The third-order valence-corrected chi connectivity index (χ3v) is 9.07. The number of aryl methyl sites for hydroxylation is 1. The summed E-state index contributed by atoms with van der Waals surface area (Å²) in [6, 6.07) is 14.1. The summed E-state index contributed by atoms with van der Waals surface area (Å²) in [6.07, 6.45) is 0.668. The molecule has 1 aromatic heterocycles. The van der Waals surface area contributed by atoms with Crippen LogP contribution in [0.1, 0.15) is 22.5 Å². The molecule has 222 valence electrons. The highest BCUT2D eigenvalue weighted by molar-refractivity contribution is 8.00. The minimum absolute atomic E-state index is 0.113. The van der Waals surface area contributed by atoms with Crippen molar-refractivity contribution in [2.75, 3.05) is 49.9 Å². The van der Waals surface area contributed by atoms with Crippen molar-refractivity contribution in [3.8, 4) is 22.9 Å². The second-order valence-corrected chi connectivity index (χ2v) is 11.9. The lowest BCUT2D eigenvalue weighted by atomic mass is 10.1. The number of hydrogen-bond donors (Lipinski definition) is 4. The lowest BCUT2D eigenvalue weighted by Crippen LogP contribution is -2.51. The monoisotopic (exact) mass is 594 g/mol. The molecule has 0 spiro atoms. The number of piperazine rings is 1. The third-order valence-electron chi connectivity index (χ3n) is 8.02. The Labute approximate surface area is 247 Å². The number of nitrogens with one attached hydrogen (secondary N) is 1. The number of carbonyl (C=O) groups excluding carboxylic acids is 2. The van der Waals surface area contributed by atoms with E-state index in [0.717, 1.165) is 55.5 Å². The van der Waals surface area contributed by atoms with E-state index in [4.69, 9.17) is 9.84 Å². The fourth-order valence-electron chi connectivity index (χ4n) is 5.81. The van der Waals surface area contributed by atoms with Crippen molar-refractivity contribution in [1.82, 2.24) is 24.9 Å². The molecule has 13 heteroatoms. The minimum atomic E-state index is -0.814. The summed E-state index contributed by atoms with van der Waals surface area (Å²) in [6.45, 7) is 6.62. The van der Waals surface area contributed by atoms with E-state index in [1.807, 2.05) is 29.8 Å². The molecule has 6 rings (SSSR count). The third kappa shape index (κ3) is 5.59. The smallest absolute Gasteiger partial charge is 0.340 e. The fourth-order valence-corrected chi connectivity index (χ4v) is 6.86. The van der Waals surface area contributed by atoms with Crippen molar-refractivity contribution in [2.24, 2.45) is 0 Å². The molecule has 3 aromatic rings. The van der Waals surface area contributed by atoms with E-state index in [9.17, 15) is 24.9 Å². The summed E-state index contributed by atoms with van der Waals surface area (Å²) >= 11 is 1.34. The van der Waals surface area contributed by atoms with Gasteiger partial charge in [-0.1, -0.05) is 30.0 Å². The van der Waals surface area contributed by atoms with Crippen molar-refractivity contribution in [3.05, 3.63) is 59.8 Å². The molecule has 1 amide bonds. The number of ether oxygens (including phenoxy) is 1. The number of anilines is 1. The Kier molecular flexibility index (Phi) is 7.88. The van der Waals surface area contributed by atoms with Crippen LogP contribution < -0.4 is 10.2 Å². The molecule has 3 aliphatic rings. The molecule has 3 atom stereocenters. The van der Waals surface area contributed by atoms with Gasteiger partial charge in [0.15, 0.2) is 17.2 Å². The maximum absolute atomic E-state index is 13.5. The molecule has 12 nitrogen and oxygen atoms in total. The van der Waals surface area contributed by atoms with Crippen LogP contribution in [0.3, 0.4) is 0 Å². The number of aromatic hydroxyl groups is 3. The number of phenols is 3. The molecule has 0 saturated carbocycles. The second kappa shape index (κ2) is 11.7. The number of nitrogens with zero attached hydrogens (tertiary/aromatic N) is 5. The average Bonchev–Trinajstić information content (AvgIpc) is 3.76. The van der Waals surface area contributed by atoms with Crippen LogP contribution in [0.2, 0.25) is 0 Å². The highest BCUT2D eigenvalue weighted by atomic mass is 32.2. The van der Waals surface area contributed by atoms with Crippen LogP contribution in [0, 0.1) is 6.92 Å². The van der Waals surface area contributed by atoms with E-state index in [1.54, 1.807) is 4.90 Å². The van der Waals surface area contributed by atoms with E-state index in [0.29, 0.717) is 25.3 Å². The van der Waals surface area contributed by atoms with Crippen LogP contribution in [-0.4, -0.2) is 109 Å². The predicted octanol–water partition coefficient (Wildman–Crippen LogP) is 1.87. The van der Waals surface area contributed by atoms with Gasteiger partial charge in [0.05, 0.1) is 23.0 Å². The van der Waals surface area contributed by atoms with Crippen LogP contribution in [0.25, 0.3) is 5.69 Å². The fraction of sp³-hybridized carbons (Fsp3) is 0.414. The summed E-state index contributed by atoms with van der Waals surface area (Å²) in [4.78, 5) is 32.5. The molecule has 1 unspecified atom stereocenters. The zero-order valence-corrected chi connectivity index (χ0v) is 24.0. The molecule has 0 bridgehead atoms. The first kappa shape index (κ1) is 28.2. The largest absolute Gasteiger partial charge is 0.504 e. The number of amides is 1. The zero-order valence-electron chi connectivity index (χ0n) is 23.2. The van der Waals surface area contributed by atoms with Gasteiger partial charge in [0.2, 0.25) is 11.5 Å². The number of rotatable bonds is 6. The van der Waals surface area contributed by atoms with E-state index in [1.165, 1.54) is 11.8 Å². The molecule has 3 saturated heterocycles. The molecule has 4 N–H and O–H groups in total. The summed E-state index contributed by atoms with van der Waals surface area (Å²) in [7, 11) is 0. The number of esters is 1. The quantitative estimate of drug-likeness (QED) is 0.245. The van der Waals surface area contributed by atoms with Gasteiger partial charge in [-0.15, -0.1) is 0 Å². The maximum Gasteiger partial charge on any atom is 0.340 e. The SMILES string of the molecule is Cc1cc(N2CCN([C@@H]3CN[C@H](C(=O)N4CCSC4OC(=O)c4cc(O)c(O)c(O)c4)C3)CC2)n(-c2ccccc2)n1. The second-order valence-electron chi connectivity index (χ2n) is 10.7. The van der Waals surface area contributed by atoms with Gasteiger partial charge in [0, 0.05) is 57.1 Å². The molecular weight excluding hydrogens is 560 g/mol. The summed E-state index contributed by atoms with van der Waals surface area (Å²) in [5.41, 5.74) is 1.07. The van der Waals surface area contributed by atoms with Crippen molar-refractivity contribution in [1.29, 1.82) is 0 Å². The van der Waals surface area contributed by atoms with Gasteiger partial charge in [-0.3, -0.25) is 14.6 Å². The summed E-state index contributed by atoms with van der Waals surface area (Å²) in [5, 5.41) is 37.1. The minimum Gasteiger partial charge on any atom is -0.504 e. The predicted molar refractivity (Wildman–Crippen MR) is 157 cm³/mol. The lowest BCUT2D eigenvalue weighted by molar-refractivity contribution is -0.137. The molecule has 0 aliphatic carbocycles. The van der Waals surface area contributed by atoms with E-state index < -0.39 is 28.8 Å². The standard InChI is InChI=1S/C29H34N6O6S/c1-18-13-25(35(31-18)20-5-3-2-4-6-20)33-9-7-32(8-10-33)21-16-22(30-17-21)27(39)34-11-12-42-29(34)41-28(40)19-14-23(36)26(38)24(37)15-19/h2-6,13-15,21-22,29-30,36-38H,7-12,16-17H2,1H3/t21-,22-,29?/m0/s1. The van der Waals surface area contributed by atoms with Gasteiger partial charge in [0.1, 0.15) is 5.82 Å². The van der Waals surface area contributed by atoms with Crippen LogP contribution in [-0.2, 0) is 9.53 Å². The van der Waals surface area contributed by atoms with Crippen molar-refractivity contribution >= 4 is 29.5 Å². The number of hydrogen-bond acceptors (Lipinski definition) is 11. The first-order valence-electron chi connectivity index (χ1n) is 14.0. The molecule has 3 fully saturated rings. The van der Waals surface area contributed by atoms with E-state index >= 15 is 0 Å². The Morgan fingerprint density at radius 2 is 1.71 bits per heavy atom. The highest BCUT2D eigenvalue weighted by Gasteiger charge is 2.41. The van der Waals surface area contributed by atoms with Crippen molar-refractivity contribution in [2.45, 2.75) is 31.0 Å². The molecule has 3 aliphatic heterocycles. The molecular formula is C29H34N6O6S. The Balaban J connectivity index is 1.04. The number of carbonyl (C=O) groups is 2. The van der Waals surface area contributed by atoms with Crippen LogP contribution >= 0.6 is 11.8 Å². The van der Waals surface area contributed by atoms with Gasteiger partial charge in [0.25, 0.3) is 0 Å². The van der Waals surface area contributed by atoms with Crippen molar-refractivity contribution in [3.63, 3.8) is 0 Å². The maximum atomic E-state index is 13.5. The van der Waals surface area contributed by atoms with Crippen LogP contribution in [0.5, 0.6) is 17.2 Å². The highest BCUT2D eigenvalue weighted by Crippen LogP contribution is 2.36. The molecule has 4 heterocycles. The van der Waals surface area contributed by atoms with Gasteiger partial charge in [-0.2, -0.15) is 5.10 Å². The molecule has 42 heavy (non-hydrogen) atoms. The number of thioether (sulfide) groups is 1. The van der Waals surface area contributed by atoms with E-state index in [2.05, 4.69) is 33.3 Å². The number of para-hydroxylation sites is 1. The lowest BCUT2D eigenvalue weighted by Gasteiger charge is -2.38. The van der Waals surface area contributed by atoms with Crippen molar-refractivity contribution < 1.29 is 29.6 Å². The van der Waals surface area contributed by atoms with Crippen LogP contribution in [0.15, 0.2) is 48.5 Å².